The summed E-state index contributed by atoms with van der Waals surface area (Å²) < 4.78 is 62.1. The van der Waals surface area contributed by atoms with Gasteiger partial charge < -0.3 is 4.90 Å². The maximum absolute atomic E-state index is 13.1. The second kappa shape index (κ2) is 5.51. The first-order valence-electron chi connectivity index (χ1n) is 5.80. The quantitative estimate of drug-likeness (QED) is 0.745. The molecule has 3 nitrogen and oxygen atoms in total. The van der Waals surface area contributed by atoms with Gasteiger partial charge in [-0.25, -0.2) is 4.39 Å². The highest BCUT2D eigenvalue weighted by atomic mass is 32.2. The van der Waals surface area contributed by atoms with Gasteiger partial charge in [0.1, 0.15) is 5.82 Å². The van der Waals surface area contributed by atoms with Crippen molar-refractivity contribution in [1.29, 1.82) is 0 Å². The van der Waals surface area contributed by atoms with Gasteiger partial charge in [0.05, 0.1) is 5.56 Å². The van der Waals surface area contributed by atoms with E-state index >= 15 is 0 Å². The zero-order valence-corrected chi connectivity index (χ0v) is 11.1. The number of benzene rings is 1. The highest BCUT2D eigenvalue weighted by Crippen LogP contribution is 2.32. The van der Waals surface area contributed by atoms with Gasteiger partial charge in [-0.15, -0.1) is 0 Å². The van der Waals surface area contributed by atoms with E-state index in [1.54, 1.807) is 0 Å². The van der Waals surface area contributed by atoms with Crippen LogP contribution in [0.5, 0.6) is 0 Å². The molecule has 8 heteroatoms. The first-order chi connectivity index (χ1) is 9.29. The second-order valence-corrected chi connectivity index (χ2v) is 6.03. The Morgan fingerprint density at radius 1 is 1.20 bits per heavy atom. The van der Waals surface area contributed by atoms with Crippen LogP contribution in [0.25, 0.3) is 0 Å². The van der Waals surface area contributed by atoms with Crippen LogP contribution in [0.4, 0.5) is 17.6 Å². The molecule has 1 aromatic carbocycles. The van der Waals surface area contributed by atoms with Gasteiger partial charge in [-0.3, -0.25) is 9.00 Å². The van der Waals surface area contributed by atoms with E-state index in [4.69, 9.17) is 0 Å². The van der Waals surface area contributed by atoms with Gasteiger partial charge in [-0.2, -0.15) is 13.2 Å². The van der Waals surface area contributed by atoms with Crippen LogP contribution in [0.1, 0.15) is 15.9 Å². The van der Waals surface area contributed by atoms with Gasteiger partial charge in [0.15, 0.2) is 0 Å². The molecule has 110 valence electrons. The normalized spacial score (nSPS) is 17.3. The average molecular weight is 309 g/mol. The smallest absolute Gasteiger partial charge is 0.337 e. The Kier molecular flexibility index (Phi) is 4.12. The SMILES string of the molecule is O=C(c1ccc(F)c(C(F)(F)F)c1)N1CCS(=O)CC1. The van der Waals surface area contributed by atoms with E-state index in [2.05, 4.69) is 0 Å². The third-order valence-corrected chi connectivity index (χ3v) is 4.26. The number of amides is 1. The van der Waals surface area contributed by atoms with E-state index in [9.17, 15) is 26.6 Å². The summed E-state index contributed by atoms with van der Waals surface area (Å²) in [6.07, 6.45) is -4.84. The Balaban J connectivity index is 2.25. The van der Waals surface area contributed by atoms with Gasteiger partial charge in [-0.05, 0) is 18.2 Å². The molecule has 0 spiro atoms. The maximum atomic E-state index is 13.1. The van der Waals surface area contributed by atoms with Crippen molar-refractivity contribution in [2.24, 2.45) is 0 Å². The van der Waals surface area contributed by atoms with E-state index in [-0.39, 0.29) is 18.7 Å². The van der Waals surface area contributed by atoms with Crippen LogP contribution in [-0.2, 0) is 17.0 Å². The molecule has 1 aromatic rings. The number of carbonyl (C=O) groups is 1. The van der Waals surface area contributed by atoms with Gasteiger partial charge in [-0.1, -0.05) is 0 Å². The fraction of sp³-hybridized carbons (Fsp3) is 0.417. The molecule has 0 N–H and O–H groups in total. The van der Waals surface area contributed by atoms with Gasteiger partial charge in [0.25, 0.3) is 5.91 Å². The van der Waals surface area contributed by atoms with Crippen LogP contribution in [0.15, 0.2) is 18.2 Å². The lowest BCUT2D eigenvalue weighted by molar-refractivity contribution is -0.140. The zero-order chi connectivity index (χ0) is 14.9. The fourth-order valence-corrected chi connectivity index (χ4v) is 2.95. The Morgan fingerprint density at radius 3 is 2.35 bits per heavy atom. The van der Waals surface area contributed by atoms with E-state index in [0.717, 1.165) is 6.07 Å². The number of nitrogens with zero attached hydrogens (tertiary/aromatic N) is 1. The molecule has 0 saturated carbocycles. The fourth-order valence-electron chi connectivity index (χ4n) is 1.90. The van der Waals surface area contributed by atoms with Gasteiger partial charge in [0, 0.05) is 41.0 Å². The molecule has 1 aliphatic rings. The molecule has 2 rings (SSSR count). The van der Waals surface area contributed by atoms with Crippen molar-refractivity contribution in [3.8, 4) is 0 Å². The van der Waals surface area contributed by atoms with E-state index in [0.29, 0.717) is 23.6 Å². The highest BCUT2D eigenvalue weighted by Gasteiger charge is 2.35. The second-order valence-electron chi connectivity index (χ2n) is 4.33. The van der Waals surface area contributed by atoms with Crippen molar-refractivity contribution in [1.82, 2.24) is 4.90 Å². The molecule has 1 amide bonds. The standard InChI is InChI=1S/C12H11F4NO2S/c13-10-2-1-8(7-9(10)12(14,15)16)11(18)17-3-5-20(19)6-4-17/h1-2,7H,3-6H2. The Hall–Kier alpha value is -1.44. The van der Waals surface area contributed by atoms with E-state index in [1.807, 2.05) is 0 Å². The molecule has 0 atom stereocenters. The van der Waals surface area contributed by atoms with Crippen molar-refractivity contribution in [3.05, 3.63) is 35.1 Å². The van der Waals surface area contributed by atoms with Gasteiger partial charge in [0.2, 0.25) is 0 Å². The number of carbonyl (C=O) groups excluding carboxylic acids is 1. The molecular formula is C12H11F4NO2S. The van der Waals surface area contributed by atoms with Crippen LogP contribution in [0.3, 0.4) is 0 Å². The van der Waals surface area contributed by atoms with Crippen LogP contribution in [0, 0.1) is 5.82 Å². The largest absolute Gasteiger partial charge is 0.419 e. The number of hydrogen-bond acceptors (Lipinski definition) is 2. The minimum absolute atomic E-state index is 0.216. The molecule has 0 aromatic heterocycles. The third kappa shape index (κ3) is 3.17. The molecule has 0 bridgehead atoms. The molecule has 0 unspecified atom stereocenters. The van der Waals surface area contributed by atoms with Crippen LogP contribution < -0.4 is 0 Å². The first-order valence-corrected chi connectivity index (χ1v) is 7.29. The lowest BCUT2D eigenvalue weighted by atomic mass is 10.1. The Bertz CT molecular complexity index is 549. The predicted octanol–water partition coefficient (Wildman–Crippen LogP) is 2.05. The summed E-state index contributed by atoms with van der Waals surface area (Å²) in [4.78, 5) is 13.4. The number of halogens is 4. The summed E-state index contributed by atoms with van der Waals surface area (Å²) in [6, 6.07) is 2.18. The molecular weight excluding hydrogens is 298 g/mol. The van der Waals surface area contributed by atoms with Crippen LogP contribution >= 0.6 is 0 Å². The monoisotopic (exact) mass is 309 g/mol. The summed E-state index contributed by atoms with van der Waals surface area (Å²) in [5, 5.41) is 0. The molecule has 1 saturated heterocycles. The number of rotatable bonds is 1. The summed E-state index contributed by atoms with van der Waals surface area (Å²) in [7, 11) is -0.990. The van der Waals surface area contributed by atoms with Crippen molar-refractivity contribution in [2.75, 3.05) is 24.6 Å². The molecule has 1 heterocycles. The topological polar surface area (TPSA) is 37.4 Å². The summed E-state index contributed by atoms with van der Waals surface area (Å²) >= 11 is 0. The minimum atomic E-state index is -4.84. The lowest BCUT2D eigenvalue weighted by Gasteiger charge is -2.26. The van der Waals surface area contributed by atoms with E-state index < -0.39 is 34.3 Å². The zero-order valence-electron chi connectivity index (χ0n) is 10.2. The van der Waals surface area contributed by atoms with Crippen LogP contribution in [-0.4, -0.2) is 39.6 Å². The summed E-state index contributed by atoms with van der Waals surface area (Å²) in [6.45, 7) is 0.453. The highest BCUT2D eigenvalue weighted by molar-refractivity contribution is 7.85. The molecule has 0 aliphatic carbocycles. The van der Waals surface area contributed by atoms with Crippen molar-refractivity contribution in [3.63, 3.8) is 0 Å². The molecule has 20 heavy (non-hydrogen) atoms. The van der Waals surface area contributed by atoms with E-state index in [1.165, 1.54) is 4.90 Å². The van der Waals surface area contributed by atoms with Crippen molar-refractivity contribution >= 4 is 16.7 Å². The Labute approximate surface area is 115 Å². The first kappa shape index (κ1) is 15.0. The summed E-state index contributed by atoms with van der Waals surface area (Å²) in [5.74, 6) is -1.40. The molecule has 1 aliphatic heterocycles. The lowest BCUT2D eigenvalue weighted by Crippen LogP contribution is -2.41. The average Bonchev–Trinajstić information content (AvgIpc) is 2.38. The number of alkyl halides is 3. The van der Waals surface area contributed by atoms with Gasteiger partial charge >= 0.3 is 6.18 Å². The maximum Gasteiger partial charge on any atom is 0.419 e. The minimum Gasteiger partial charge on any atom is -0.337 e. The van der Waals surface area contributed by atoms with Crippen molar-refractivity contribution in [2.45, 2.75) is 6.18 Å². The summed E-state index contributed by atoms with van der Waals surface area (Å²) in [5.41, 5.74) is -1.67. The third-order valence-electron chi connectivity index (χ3n) is 2.98. The number of hydrogen-bond donors (Lipinski definition) is 0. The van der Waals surface area contributed by atoms with Crippen LogP contribution in [0.2, 0.25) is 0 Å². The molecule has 0 radical (unpaired) electrons. The Morgan fingerprint density at radius 2 is 1.80 bits per heavy atom. The predicted molar refractivity (Wildman–Crippen MR) is 65.2 cm³/mol. The van der Waals surface area contributed by atoms with Crippen molar-refractivity contribution < 1.29 is 26.6 Å². The molecule has 1 fully saturated rings.